The highest BCUT2D eigenvalue weighted by molar-refractivity contribution is 5.94. The van der Waals surface area contributed by atoms with Gasteiger partial charge in [-0.2, -0.15) is 5.10 Å². The van der Waals surface area contributed by atoms with E-state index >= 15 is 0 Å². The van der Waals surface area contributed by atoms with Crippen molar-refractivity contribution < 1.29 is 4.79 Å². The van der Waals surface area contributed by atoms with Gasteiger partial charge in [0.1, 0.15) is 12.2 Å². The summed E-state index contributed by atoms with van der Waals surface area (Å²) in [5.41, 5.74) is 5.21. The number of amides is 1. The fraction of sp³-hybridized carbons (Fsp3) is 0.130. The maximum Gasteiger partial charge on any atom is 0.242 e. The van der Waals surface area contributed by atoms with E-state index in [9.17, 15) is 4.79 Å². The Morgan fingerprint density at radius 3 is 2.44 bits per heavy atom. The number of nitrogens with one attached hydrogen (secondary N) is 1. The zero-order chi connectivity index (χ0) is 18.6. The van der Waals surface area contributed by atoms with Crippen LogP contribution in [0.3, 0.4) is 0 Å². The predicted molar refractivity (Wildman–Crippen MR) is 108 cm³/mol. The molecule has 0 fully saturated rings. The lowest BCUT2D eigenvalue weighted by Crippen LogP contribution is -2.27. The monoisotopic (exact) mass is 355 g/mol. The molecule has 4 aromatic rings. The van der Waals surface area contributed by atoms with Gasteiger partial charge in [0.15, 0.2) is 0 Å². The number of aromatic nitrogens is 2. The van der Waals surface area contributed by atoms with Crippen LogP contribution in [0.15, 0.2) is 78.9 Å². The topological polar surface area (TPSA) is 46.9 Å². The average Bonchev–Trinajstić information content (AvgIpc) is 3.07. The summed E-state index contributed by atoms with van der Waals surface area (Å²) in [4.78, 5) is 12.5. The molecule has 0 bridgehead atoms. The van der Waals surface area contributed by atoms with Crippen LogP contribution < -0.4 is 5.32 Å². The zero-order valence-electron chi connectivity index (χ0n) is 15.2. The second kappa shape index (κ2) is 7.46. The number of carbonyl (C=O) groups is 1. The number of rotatable bonds is 5. The molecule has 0 unspecified atom stereocenters. The first kappa shape index (κ1) is 17.0. The molecule has 1 N–H and O–H groups in total. The van der Waals surface area contributed by atoms with Gasteiger partial charge in [0.05, 0.1) is 5.52 Å². The highest BCUT2D eigenvalue weighted by Crippen LogP contribution is 2.27. The van der Waals surface area contributed by atoms with E-state index in [1.165, 1.54) is 5.56 Å². The lowest BCUT2D eigenvalue weighted by atomic mass is 10.1. The molecule has 1 aromatic heterocycles. The third-order valence-corrected chi connectivity index (χ3v) is 4.74. The van der Waals surface area contributed by atoms with Crippen LogP contribution in [0.2, 0.25) is 0 Å². The standard InChI is InChI=1S/C23H21N3O/c1-17-9-5-6-12-19(17)15-24-22(27)16-26-21-14-8-7-13-20(21)23(25-26)18-10-3-2-4-11-18/h2-14H,15-16H2,1H3,(H,24,27). The summed E-state index contributed by atoms with van der Waals surface area (Å²) in [6, 6.07) is 26.2. The first-order valence-electron chi connectivity index (χ1n) is 9.04. The Kier molecular flexibility index (Phi) is 4.71. The largest absolute Gasteiger partial charge is 0.350 e. The molecular formula is C23H21N3O. The molecule has 0 atom stereocenters. The number of nitrogens with zero attached hydrogens (tertiary/aromatic N) is 2. The van der Waals surface area contributed by atoms with E-state index in [1.807, 2.05) is 72.8 Å². The Morgan fingerprint density at radius 1 is 0.926 bits per heavy atom. The van der Waals surface area contributed by atoms with Gasteiger partial charge in [0, 0.05) is 17.5 Å². The first-order valence-corrected chi connectivity index (χ1v) is 9.04. The Balaban J connectivity index is 1.57. The van der Waals surface area contributed by atoms with E-state index in [4.69, 9.17) is 5.10 Å². The van der Waals surface area contributed by atoms with E-state index in [0.29, 0.717) is 6.54 Å². The zero-order valence-corrected chi connectivity index (χ0v) is 15.2. The molecule has 1 heterocycles. The van der Waals surface area contributed by atoms with Crippen molar-refractivity contribution in [2.75, 3.05) is 0 Å². The number of hydrogen-bond donors (Lipinski definition) is 1. The fourth-order valence-corrected chi connectivity index (χ4v) is 3.25. The predicted octanol–water partition coefficient (Wildman–Crippen LogP) is 4.33. The Hall–Kier alpha value is -3.40. The summed E-state index contributed by atoms with van der Waals surface area (Å²) < 4.78 is 1.78. The summed E-state index contributed by atoms with van der Waals surface area (Å²) >= 11 is 0. The Bertz CT molecular complexity index is 1080. The van der Waals surface area contributed by atoms with Crippen LogP contribution >= 0.6 is 0 Å². The third-order valence-electron chi connectivity index (χ3n) is 4.74. The molecule has 27 heavy (non-hydrogen) atoms. The Labute approximate surface area is 158 Å². The molecule has 0 saturated heterocycles. The number of carbonyl (C=O) groups excluding carboxylic acids is 1. The third kappa shape index (κ3) is 3.60. The van der Waals surface area contributed by atoms with Gasteiger partial charge in [-0.3, -0.25) is 9.48 Å². The van der Waals surface area contributed by atoms with Gasteiger partial charge in [-0.25, -0.2) is 0 Å². The second-order valence-corrected chi connectivity index (χ2v) is 6.59. The summed E-state index contributed by atoms with van der Waals surface area (Å²) in [5.74, 6) is -0.0499. The van der Waals surface area contributed by atoms with Crippen LogP contribution in [0, 0.1) is 6.92 Å². The van der Waals surface area contributed by atoms with Crippen molar-refractivity contribution in [3.8, 4) is 11.3 Å². The summed E-state index contributed by atoms with van der Waals surface area (Å²) in [6.45, 7) is 2.77. The van der Waals surface area contributed by atoms with Gasteiger partial charge in [-0.1, -0.05) is 72.8 Å². The molecular weight excluding hydrogens is 334 g/mol. The molecule has 4 rings (SSSR count). The molecule has 134 valence electrons. The maximum atomic E-state index is 12.5. The van der Waals surface area contributed by atoms with Crippen LogP contribution in [0.25, 0.3) is 22.2 Å². The molecule has 0 radical (unpaired) electrons. The van der Waals surface area contributed by atoms with Crippen molar-refractivity contribution in [3.63, 3.8) is 0 Å². The van der Waals surface area contributed by atoms with Crippen LogP contribution in [0.4, 0.5) is 0 Å². The second-order valence-electron chi connectivity index (χ2n) is 6.59. The van der Waals surface area contributed by atoms with Crippen molar-refractivity contribution in [2.45, 2.75) is 20.0 Å². The average molecular weight is 355 g/mol. The molecule has 0 spiro atoms. The number of aryl methyl sites for hydroxylation is 1. The van der Waals surface area contributed by atoms with Crippen LogP contribution in [0.1, 0.15) is 11.1 Å². The van der Waals surface area contributed by atoms with E-state index in [0.717, 1.165) is 27.7 Å². The van der Waals surface area contributed by atoms with Gasteiger partial charge < -0.3 is 5.32 Å². The van der Waals surface area contributed by atoms with Crippen LogP contribution in [-0.2, 0) is 17.9 Å². The molecule has 0 saturated carbocycles. The van der Waals surface area contributed by atoms with Crippen LogP contribution in [0.5, 0.6) is 0 Å². The highest BCUT2D eigenvalue weighted by atomic mass is 16.2. The van der Waals surface area contributed by atoms with Crippen molar-refractivity contribution in [1.29, 1.82) is 0 Å². The molecule has 0 aliphatic carbocycles. The minimum absolute atomic E-state index is 0.0499. The van der Waals surface area contributed by atoms with Crippen molar-refractivity contribution in [2.24, 2.45) is 0 Å². The Morgan fingerprint density at radius 2 is 1.63 bits per heavy atom. The molecule has 4 nitrogen and oxygen atoms in total. The van der Waals surface area contributed by atoms with Gasteiger partial charge in [0.2, 0.25) is 5.91 Å². The molecule has 1 amide bonds. The van der Waals surface area contributed by atoms with Crippen molar-refractivity contribution in [3.05, 3.63) is 90.0 Å². The molecule has 3 aromatic carbocycles. The van der Waals surface area contributed by atoms with E-state index in [-0.39, 0.29) is 12.5 Å². The minimum atomic E-state index is -0.0499. The number of hydrogen-bond acceptors (Lipinski definition) is 2. The van der Waals surface area contributed by atoms with Crippen molar-refractivity contribution in [1.82, 2.24) is 15.1 Å². The van der Waals surface area contributed by atoms with E-state index in [2.05, 4.69) is 18.3 Å². The van der Waals surface area contributed by atoms with E-state index < -0.39 is 0 Å². The van der Waals surface area contributed by atoms with Gasteiger partial charge in [-0.15, -0.1) is 0 Å². The highest BCUT2D eigenvalue weighted by Gasteiger charge is 2.14. The van der Waals surface area contributed by atoms with Crippen LogP contribution in [-0.4, -0.2) is 15.7 Å². The smallest absolute Gasteiger partial charge is 0.242 e. The molecule has 0 aliphatic heterocycles. The van der Waals surface area contributed by atoms with E-state index in [1.54, 1.807) is 4.68 Å². The molecule has 4 heteroatoms. The lowest BCUT2D eigenvalue weighted by molar-refractivity contribution is -0.121. The quantitative estimate of drug-likeness (QED) is 0.579. The summed E-state index contributed by atoms with van der Waals surface area (Å²) in [5, 5.41) is 8.78. The minimum Gasteiger partial charge on any atom is -0.350 e. The maximum absolute atomic E-state index is 12.5. The van der Waals surface area contributed by atoms with Gasteiger partial charge in [-0.05, 0) is 24.1 Å². The first-order chi connectivity index (χ1) is 13.2. The summed E-state index contributed by atoms with van der Waals surface area (Å²) in [6.07, 6.45) is 0. The van der Waals surface area contributed by atoms with Crippen molar-refractivity contribution >= 4 is 16.8 Å². The van der Waals surface area contributed by atoms with Gasteiger partial charge >= 0.3 is 0 Å². The SMILES string of the molecule is Cc1ccccc1CNC(=O)Cn1nc(-c2ccccc2)c2ccccc21. The normalized spacial score (nSPS) is 10.9. The summed E-state index contributed by atoms with van der Waals surface area (Å²) in [7, 11) is 0. The number of benzene rings is 3. The molecule has 0 aliphatic rings. The fourth-order valence-electron chi connectivity index (χ4n) is 3.25. The van der Waals surface area contributed by atoms with Gasteiger partial charge in [0.25, 0.3) is 0 Å². The number of fused-ring (bicyclic) bond motifs is 1. The lowest BCUT2D eigenvalue weighted by Gasteiger charge is -2.08. The number of para-hydroxylation sites is 1.